The second-order valence-corrected chi connectivity index (χ2v) is 8.40. The minimum atomic E-state index is -3.46. The molecular formula is C12H19BrN2O2S. The quantitative estimate of drug-likeness (QED) is 0.864. The van der Waals surface area contributed by atoms with Crippen LogP contribution in [0, 0.1) is 5.41 Å². The average molecular weight is 335 g/mol. The maximum Gasteiger partial charge on any atom is 0.242 e. The number of rotatable bonds is 3. The Morgan fingerprint density at radius 2 is 1.89 bits per heavy atom. The normalized spacial score (nSPS) is 13.0. The fourth-order valence-electron chi connectivity index (χ4n) is 1.60. The summed E-state index contributed by atoms with van der Waals surface area (Å²) in [6.07, 6.45) is 0. The number of hydrogen-bond acceptors (Lipinski definition) is 3. The lowest BCUT2D eigenvalue weighted by Gasteiger charge is -2.26. The topological polar surface area (TPSA) is 63.4 Å². The van der Waals surface area contributed by atoms with E-state index in [4.69, 9.17) is 5.73 Å². The molecule has 1 aromatic rings. The Labute approximate surface area is 117 Å². The van der Waals surface area contributed by atoms with Gasteiger partial charge in [0.15, 0.2) is 0 Å². The van der Waals surface area contributed by atoms with E-state index in [0.717, 1.165) is 0 Å². The Kier molecular flexibility index (Phi) is 4.46. The number of anilines is 1. The van der Waals surface area contributed by atoms with Gasteiger partial charge in [-0.2, -0.15) is 0 Å². The third kappa shape index (κ3) is 3.70. The van der Waals surface area contributed by atoms with Crippen molar-refractivity contribution in [2.75, 3.05) is 19.3 Å². The molecule has 0 unspecified atom stereocenters. The molecule has 0 aliphatic heterocycles. The van der Waals surface area contributed by atoms with E-state index in [-0.39, 0.29) is 10.3 Å². The van der Waals surface area contributed by atoms with Crippen molar-refractivity contribution < 1.29 is 8.42 Å². The molecule has 0 saturated carbocycles. The van der Waals surface area contributed by atoms with Gasteiger partial charge in [0.25, 0.3) is 0 Å². The fourth-order valence-corrected chi connectivity index (χ4v) is 3.56. The first-order valence-corrected chi connectivity index (χ1v) is 7.79. The molecule has 6 heteroatoms. The Balaban J connectivity index is 3.10. The van der Waals surface area contributed by atoms with E-state index in [2.05, 4.69) is 15.9 Å². The van der Waals surface area contributed by atoms with E-state index in [1.165, 1.54) is 16.4 Å². The molecular weight excluding hydrogens is 316 g/mol. The molecule has 0 amide bonds. The molecule has 0 fully saturated rings. The zero-order valence-corrected chi connectivity index (χ0v) is 13.5. The molecule has 0 radical (unpaired) electrons. The Morgan fingerprint density at radius 3 is 2.33 bits per heavy atom. The molecule has 0 aromatic heterocycles. The smallest absolute Gasteiger partial charge is 0.242 e. The lowest BCUT2D eigenvalue weighted by atomic mass is 9.97. The molecule has 0 heterocycles. The Bertz CT molecular complexity index is 535. The average Bonchev–Trinajstić information content (AvgIpc) is 2.19. The zero-order valence-electron chi connectivity index (χ0n) is 11.1. The predicted molar refractivity (Wildman–Crippen MR) is 77.8 cm³/mol. The maximum atomic E-state index is 12.3. The molecule has 102 valence electrons. The van der Waals surface area contributed by atoms with Gasteiger partial charge in [-0.25, -0.2) is 12.7 Å². The van der Waals surface area contributed by atoms with Gasteiger partial charge >= 0.3 is 0 Å². The van der Waals surface area contributed by atoms with Crippen molar-refractivity contribution in [3.8, 4) is 0 Å². The summed E-state index contributed by atoms with van der Waals surface area (Å²) >= 11 is 3.24. The molecule has 0 saturated heterocycles. The monoisotopic (exact) mass is 334 g/mol. The van der Waals surface area contributed by atoms with E-state index in [9.17, 15) is 8.42 Å². The van der Waals surface area contributed by atoms with Crippen molar-refractivity contribution in [1.29, 1.82) is 0 Å². The largest absolute Gasteiger partial charge is 0.398 e. The summed E-state index contributed by atoms with van der Waals surface area (Å²) in [5.41, 5.74) is 6.08. The highest BCUT2D eigenvalue weighted by atomic mass is 79.9. The van der Waals surface area contributed by atoms with Gasteiger partial charge in [-0.1, -0.05) is 20.8 Å². The first-order valence-electron chi connectivity index (χ1n) is 5.55. The summed E-state index contributed by atoms with van der Waals surface area (Å²) in [5.74, 6) is 0. The van der Waals surface area contributed by atoms with Crippen LogP contribution in [-0.4, -0.2) is 26.3 Å². The number of nitrogens with zero attached hydrogens (tertiary/aromatic N) is 1. The van der Waals surface area contributed by atoms with Crippen LogP contribution in [0.25, 0.3) is 0 Å². The number of halogens is 1. The van der Waals surface area contributed by atoms with Gasteiger partial charge < -0.3 is 5.73 Å². The van der Waals surface area contributed by atoms with Crippen LogP contribution in [0.5, 0.6) is 0 Å². The molecule has 0 bridgehead atoms. The fraction of sp³-hybridized carbons (Fsp3) is 0.500. The van der Waals surface area contributed by atoms with Crippen molar-refractivity contribution >= 4 is 31.6 Å². The summed E-state index contributed by atoms with van der Waals surface area (Å²) in [5, 5.41) is 0. The third-order valence-electron chi connectivity index (χ3n) is 2.38. The SMILES string of the molecule is CN(CC(C)(C)C)S(=O)(=O)c1ccc(N)c(Br)c1. The molecule has 18 heavy (non-hydrogen) atoms. The highest BCUT2D eigenvalue weighted by Crippen LogP contribution is 2.26. The summed E-state index contributed by atoms with van der Waals surface area (Å²) < 4.78 is 26.6. The predicted octanol–water partition coefficient (Wildman–Crippen LogP) is 2.70. The Morgan fingerprint density at radius 1 is 1.33 bits per heavy atom. The first kappa shape index (κ1) is 15.5. The van der Waals surface area contributed by atoms with Crippen LogP contribution >= 0.6 is 15.9 Å². The molecule has 1 aromatic carbocycles. The third-order valence-corrected chi connectivity index (χ3v) is 4.86. The minimum Gasteiger partial charge on any atom is -0.398 e. The van der Waals surface area contributed by atoms with Gasteiger partial charge in [0, 0.05) is 23.8 Å². The minimum absolute atomic E-state index is 0.0904. The summed E-state index contributed by atoms with van der Waals surface area (Å²) in [4.78, 5) is 0.246. The molecule has 1 rings (SSSR count). The number of nitrogen functional groups attached to an aromatic ring is 1. The van der Waals surface area contributed by atoms with Crippen molar-refractivity contribution in [2.24, 2.45) is 5.41 Å². The number of nitrogens with two attached hydrogens (primary N) is 1. The van der Waals surface area contributed by atoms with Gasteiger partial charge in [-0.3, -0.25) is 0 Å². The van der Waals surface area contributed by atoms with Crippen molar-refractivity contribution in [3.63, 3.8) is 0 Å². The molecule has 4 nitrogen and oxygen atoms in total. The molecule has 0 spiro atoms. The van der Waals surface area contributed by atoms with Crippen LogP contribution in [0.4, 0.5) is 5.69 Å². The summed E-state index contributed by atoms with van der Waals surface area (Å²) in [7, 11) is -1.88. The Hall–Kier alpha value is -0.590. The van der Waals surface area contributed by atoms with Gasteiger partial charge in [0.05, 0.1) is 4.90 Å². The van der Waals surface area contributed by atoms with Crippen LogP contribution in [0.1, 0.15) is 20.8 Å². The van der Waals surface area contributed by atoms with E-state index in [0.29, 0.717) is 16.7 Å². The second kappa shape index (κ2) is 5.19. The first-order chi connectivity index (χ1) is 8.04. The van der Waals surface area contributed by atoms with Crippen molar-refractivity contribution in [3.05, 3.63) is 22.7 Å². The lowest BCUT2D eigenvalue weighted by molar-refractivity contribution is 0.311. The number of sulfonamides is 1. The summed E-state index contributed by atoms with van der Waals surface area (Å²) in [6, 6.07) is 4.64. The van der Waals surface area contributed by atoms with E-state index in [1.54, 1.807) is 13.1 Å². The molecule has 0 atom stereocenters. The van der Waals surface area contributed by atoms with Gasteiger partial charge in [0.1, 0.15) is 0 Å². The van der Waals surface area contributed by atoms with E-state index >= 15 is 0 Å². The van der Waals surface area contributed by atoms with Crippen LogP contribution in [-0.2, 0) is 10.0 Å². The molecule has 0 aliphatic carbocycles. The highest BCUT2D eigenvalue weighted by molar-refractivity contribution is 9.10. The van der Waals surface area contributed by atoms with Gasteiger partial charge in [0.2, 0.25) is 10.0 Å². The number of hydrogen-bond donors (Lipinski definition) is 1. The maximum absolute atomic E-state index is 12.3. The van der Waals surface area contributed by atoms with Crippen LogP contribution in [0.3, 0.4) is 0 Å². The van der Waals surface area contributed by atoms with Crippen molar-refractivity contribution in [1.82, 2.24) is 4.31 Å². The van der Waals surface area contributed by atoms with Crippen LogP contribution in [0.15, 0.2) is 27.6 Å². The van der Waals surface area contributed by atoms with Gasteiger partial charge in [-0.15, -0.1) is 0 Å². The van der Waals surface area contributed by atoms with E-state index in [1.807, 2.05) is 20.8 Å². The van der Waals surface area contributed by atoms with E-state index < -0.39 is 10.0 Å². The highest BCUT2D eigenvalue weighted by Gasteiger charge is 2.25. The van der Waals surface area contributed by atoms with Crippen molar-refractivity contribution in [2.45, 2.75) is 25.7 Å². The van der Waals surface area contributed by atoms with Crippen LogP contribution < -0.4 is 5.73 Å². The summed E-state index contributed by atoms with van der Waals surface area (Å²) in [6.45, 7) is 6.45. The lowest BCUT2D eigenvalue weighted by Crippen LogP contribution is -2.34. The second-order valence-electron chi connectivity index (χ2n) is 5.51. The van der Waals surface area contributed by atoms with Crippen LogP contribution in [0.2, 0.25) is 0 Å². The standard InChI is InChI=1S/C12H19BrN2O2S/c1-12(2,3)8-15(4)18(16,17)9-5-6-11(14)10(13)7-9/h5-7H,8,14H2,1-4H3. The molecule has 2 N–H and O–H groups in total. The zero-order chi connectivity index (χ0) is 14.1. The number of benzene rings is 1. The molecule has 0 aliphatic rings. The van der Waals surface area contributed by atoms with Gasteiger partial charge in [-0.05, 0) is 39.5 Å².